The van der Waals surface area contributed by atoms with Crippen molar-refractivity contribution < 1.29 is 8.42 Å². The number of anilines is 1. The van der Waals surface area contributed by atoms with E-state index >= 15 is 0 Å². The maximum Gasteiger partial charge on any atom is 0.216 e. The Kier molecular flexibility index (Phi) is 5.35. The van der Waals surface area contributed by atoms with Crippen LogP contribution >= 0.6 is 11.8 Å². The quantitative estimate of drug-likeness (QED) is 0.818. The van der Waals surface area contributed by atoms with Gasteiger partial charge in [0.25, 0.3) is 0 Å². The zero-order chi connectivity index (χ0) is 14.6. The first-order valence-corrected chi connectivity index (χ1v) is 9.80. The molecule has 0 aliphatic heterocycles. The molecule has 2 rings (SSSR count). The molecule has 20 heavy (non-hydrogen) atoms. The molecule has 3 N–H and O–H groups in total. The Morgan fingerprint density at radius 3 is 2.90 bits per heavy atom. The summed E-state index contributed by atoms with van der Waals surface area (Å²) in [5.74, 6) is -0.00151. The fraction of sp³-hybridized carbons (Fsp3) is 0.571. The topological polar surface area (TPSA) is 72.2 Å². The second kappa shape index (κ2) is 6.83. The van der Waals surface area contributed by atoms with Crippen molar-refractivity contribution in [3.05, 3.63) is 29.8 Å². The molecular formula is C14H22N2O2S2. The summed E-state index contributed by atoms with van der Waals surface area (Å²) in [5, 5.41) is 0.573. The Morgan fingerprint density at radius 1 is 1.40 bits per heavy atom. The molecule has 2 atom stereocenters. The molecule has 0 spiro atoms. The minimum absolute atomic E-state index is 0.00151. The Hall–Kier alpha value is -0.720. The molecule has 4 nitrogen and oxygen atoms in total. The Balaban J connectivity index is 1.97. The largest absolute Gasteiger partial charge is 0.399 e. The van der Waals surface area contributed by atoms with Gasteiger partial charge in [0.15, 0.2) is 0 Å². The van der Waals surface area contributed by atoms with Crippen LogP contribution in [-0.4, -0.2) is 26.0 Å². The molecule has 0 saturated heterocycles. The molecule has 1 aromatic carbocycles. The first-order chi connectivity index (χ1) is 9.48. The van der Waals surface area contributed by atoms with Gasteiger partial charge in [0, 0.05) is 17.0 Å². The van der Waals surface area contributed by atoms with Crippen molar-refractivity contribution in [3.8, 4) is 0 Å². The number of rotatable bonds is 5. The summed E-state index contributed by atoms with van der Waals surface area (Å²) in [7, 11) is -3.30. The molecule has 6 heteroatoms. The summed E-state index contributed by atoms with van der Waals surface area (Å²) >= 11 is 1.83. The van der Waals surface area contributed by atoms with Crippen LogP contribution in [0, 0.1) is 0 Å². The fourth-order valence-corrected chi connectivity index (χ4v) is 4.91. The zero-order valence-corrected chi connectivity index (χ0v) is 13.3. The predicted molar refractivity (Wildman–Crippen MR) is 86.2 cm³/mol. The van der Waals surface area contributed by atoms with Gasteiger partial charge in [-0.15, -0.1) is 0 Å². The van der Waals surface area contributed by atoms with Crippen LogP contribution in [0.2, 0.25) is 0 Å². The number of hydrogen-bond acceptors (Lipinski definition) is 4. The standard InChI is InChI=1S/C14H22N2O2S2/c1-19-14-7-3-6-13(9-14)16-20(17,18)10-11-4-2-5-12(15)8-11/h2,4-5,8,13-14,16H,3,6-7,9-10,15H2,1H3. The van der Waals surface area contributed by atoms with E-state index in [-0.39, 0.29) is 11.8 Å². The van der Waals surface area contributed by atoms with Crippen molar-refractivity contribution >= 4 is 27.5 Å². The van der Waals surface area contributed by atoms with Gasteiger partial charge in [-0.3, -0.25) is 0 Å². The van der Waals surface area contributed by atoms with Crippen LogP contribution in [0.5, 0.6) is 0 Å². The van der Waals surface area contributed by atoms with Gasteiger partial charge in [-0.25, -0.2) is 13.1 Å². The first-order valence-electron chi connectivity index (χ1n) is 6.86. The zero-order valence-electron chi connectivity index (χ0n) is 11.7. The SMILES string of the molecule is CSC1CCCC(NS(=O)(=O)Cc2cccc(N)c2)C1. The average molecular weight is 314 g/mol. The molecular weight excluding hydrogens is 292 g/mol. The number of hydrogen-bond donors (Lipinski definition) is 2. The summed E-state index contributed by atoms with van der Waals surface area (Å²) in [4.78, 5) is 0. The van der Waals surface area contributed by atoms with Crippen LogP contribution in [0.15, 0.2) is 24.3 Å². The maximum absolute atomic E-state index is 12.2. The third-order valence-electron chi connectivity index (χ3n) is 3.61. The lowest BCUT2D eigenvalue weighted by Gasteiger charge is -2.28. The van der Waals surface area contributed by atoms with Gasteiger partial charge in [-0.2, -0.15) is 11.8 Å². The number of thioether (sulfide) groups is 1. The van der Waals surface area contributed by atoms with Gasteiger partial charge in [-0.05, 0) is 43.2 Å². The number of sulfonamides is 1. The Morgan fingerprint density at radius 2 is 2.20 bits per heavy atom. The first kappa shape index (κ1) is 15.7. The normalized spacial score (nSPS) is 23.6. The van der Waals surface area contributed by atoms with Gasteiger partial charge in [-0.1, -0.05) is 18.6 Å². The van der Waals surface area contributed by atoms with Gasteiger partial charge in [0.05, 0.1) is 5.75 Å². The number of nitrogens with two attached hydrogens (primary N) is 1. The highest BCUT2D eigenvalue weighted by atomic mass is 32.2. The van der Waals surface area contributed by atoms with Gasteiger partial charge >= 0.3 is 0 Å². The molecule has 1 fully saturated rings. The van der Waals surface area contributed by atoms with E-state index < -0.39 is 10.0 Å². The lowest BCUT2D eigenvalue weighted by atomic mass is 9.96. The second-order valence-corrected chi connectivity index (χ2v) is 8.24. The van der Waals surface area contributed by atoms with Gasteiger partial charge in [0.2, 0.25) is 10.0 Å². The van der Waals surface area contributed by atoms with Crippen molar-refractivity contribution in [2.24, 2.45) is 0 Å². The highest BCUT2D eigenvalue weighted by molar-refractivity contribution is 7.99. The average Bonchev–Trinajstić information content (AvgIpc) is 2.37. The van der Waals surface area contributed by atoms with Crippen LogP contribution in [0.3, 0.4) is 0 Å². The number of nitrogens with one attached hydrogen (secondary N) is 1. The lowest BCUT2D eigenvalue weighted by Crippen LogP contribution is -2.39. The molecule has 1 saturated carbocycles. The molecule has 0 heterocycles. The molecule has 1 aliphatic carbocycles. The van der Waals surface area contributed by atoms with Crippen LogP contribution in [0.25, 0.3) is 0 Å². The number of benzene rings is 1. The summed E-state index contributed by atoms with van der Waals surface area (Å²) in [5.41, 5.74) is 7.01. The highest BCUT2D eigenvalue weighted by Crippen LogP contribution is 2.27. The van der Waals surface area contributed by atoms with Crippen LogP contribution < -0.4 is 10.5 Å². The third-order valence-corrected chi connectivity index (χ3v) is 6.11. The van der Waals surface area contributed by atoms with E-state index in [0.717, 1.165) is 24.8 Å². The molecule has 2 unspecified atom stereocenters. The molecule has 1 aromatic rings. The molecule has 0 bridgehead atoms. The molecule has 112 valence electrons. The second-order valence-electron chi connectivity index (χ2n) is 5.34. The van der Waals surface area contributed by atoms with E-state index in [0.29, 0.717) is 10.9 Å². The summed E-state index contributed by atoms with van der Waals surface area (Å²) in [6, 6.07) is 7.12. The van der Waals surface area contributed by atoms with E-state index in [1.54, 1.807) is 24.3 Å². The highest BCUT2D eigenvalue weighted by Gasteiger charge is 2.25. The van der Waals surface area contributed by atoms with Crippen molar-refractivity contribution in [3.63, 3.8) is 0 Å². The molecule has 0 aromatic heterocycles. The third kappa shape index (κ3) is 4.68. The van der Waals surface area contributed by atoms with Crippen molar-refractivity contribution in [2.45, 2.75) is 42.7 Å². The summed E-state index contributed by atoms with van der Waals surface area (Å²) < 4.78 is 27.3. The minimum atomic E-state index is -3.30. The predicted octanol–water partition coefficient (Wildman–Crippen LogP) is 2.36. The van der Waals surface area contributed by atoms with E-state index in [4.69, 9.17) is 5.73 Å². The van der Waals surface area contributed by atoms with Crippen molar-refractivity contribution in [1.82, 2.24) is 4.72 Å². The van der Waals surface area contributed by atoms with Crippen LogP contribution in [0.1, 0.15) is 31.2 Å². The van der Waals surface area contributed by atoms with Crippen LogP contribution in [0.4, 0.5) is 5.69 Å². The fourth-order valence-electron chi connectivity index (χ4n) is 2.66. The lowest BCUT2D eigenvalue weighted by molar-refractivity contribution is 0.420. The molecule has 1 aliphatic rings. The number of nitrogen functional groups attached to an aromatic ring is 1. The van der Waals surface area contributed by atoms with Gasteiger partial charge in [0.1, 0.15) is 0 Å². The Bertz CT molecular complexity index is 546. The monoisotopic (exact) mass is 314 g/mol. The smallest absolute Gasteiger partial charge is 0.216 e. The van der Waals surface area contributed by atoms with E-state index in [1.165, 1.54) is 6.42 Å². The van der Waals surface area contributed by atoms with Crippen LogP contribution in [-0.2, 0) is 15.8 Å². The minimum Gasteiger partial charge on any atom is -0.399 e. The van der Waals surface area contributed by atoms with Gasteiger partial charge < -0.3 is 5.73 Å². The molecule has 0 radical (unpaired) electrons. The van der Waals surface area contributed by atoms with Crippen molar-refractivity contribution in [2.75, 3.05) is 12.0 Å². The van der Waals surface area contributed by atoms with E-state index in [9.17, 15) is 8.42 Å². The van der Waals surface area contributed by atoms with E-state index in [2.05, 4.69) is 11.0 Å². The van der Waals surface area contributed by atoms with E-state index in [1.807, 2.05) is 11.8 Å². The summed E-state index contributed by atoms with van der Waals surface area (Å²) in [6.07, 6.45) is 6.24. The maximum atomic E-state index is 12.2. The molecule has 0 amide bonds. The summed E-state index contributed by atoms with van der Waals surface area (Å²) in [6.45, 7) is 0. The Labute approximate surface area is 125 Å². The van der Waals surface area contributed by atoms with Crippen molar-refractivity contribution in [1.29, 1.82) is 0 Å².